The molecular weight excluding hydrogens is 268 g/mol. The number of benzene rings is 1. The zero-order valence-corrected chi connectivity index (χ0v) is 12.1. The molecule has 0 unspecified atom stereocenters. The van der Waals surface area contributed by atoms with Gasteiger partial charge in [0, 0.05) is 24.5 Å². The first-order valence-corrected chi connectivity index (χ1v) is 7.43. The number of cyclic esters (lactones) is 1. The molecule has 0 aromatic heterocycles. The molecule has 4 atom stereocenters. The second kappa shape index (κ2) is 6.41. The van der Waals surface area contributed by atoms with Gasteiger partial charge in [-0.1, -0.05) is 36.4 Å². The van der Waals surface area contributed by atoms with Gasteiger partial charge in [-0.2, -0.15) is 0 Å². The molecule has 4 nitrogen and oxygen atoms in total. The second-order valence-corrected chi connectivity index (χ2v) is 5.62. The van der Waals surface area contributed by atoms with Crippen LogP contribution in [0.3, 0.4) is 0 Å². The van der Waals surface area contributed by atoms with Crippen LogP contribution in [0.4, 0.5) is 0 Å². The summed E-state index contributed by atoms with van der Waals surface area (Å²) in [4.78, 5) is 11.3. The van der Waals surface area contributed by atoms with Crippen LogP contribution in [0.15, 0.2) is 42.5 Å². The maximum atomic E-state index is 11.3. The summed E-state index contributed by atoms with van der Waals surface area (Å²) in [5, 5.41) is 0. The Hall–Kier alpha value is -1.65. The first-order valence-electron chi connectivity index (χ1n) is 7.43. The molecule has 0 bridgehead atoms. The zero-order valence-electron chi connectivity index (χ0n) is 12.1. The zero-order chi connectivity index (χ0) is 14.7. The van der Waals surface area contributed by atoms with Crippen LogP contribution < -0.4 is 0 Å². The van der Waals surface area contributed by atoms with E-state index in [2.05, 4.69) is 6.92 Å². The molecule has 1 aromatic carbocycles. The first-order chi connectivity index (χ1) is 10.2. The largest absolute Gasteiger partial charge is 0.459 e. The summed E-state index contributed by atoms with van der Waals surface area (Å²) in [5.74, 6) is -0.258. The van der Waals surface area contributed by atoms with Crippen molar-refractivity contribution in [2.75, 3.05) is 0 Å². The van der Waals surface area contributed by atoms with Crippen molar-refractivity contribution in [3.63, 3.8) is 0 Å². The summed E-state index contributed by atoms with van der Waals surface area (Å²) < 4.78 is 17.2. The van der Waals surface area contributed by atoms with E-state index in [0.717, 1.165) is 18.4 Å². The SMILES string of the molecule is C[C@H]1C[C@@H](C[C@H]2CC=CC(=O)O2)O[C@@H](c2ccccc2)O1. The van der Waals surface area contributed by atoms with Gasteiger partial charge in [-0.3, -0.25) is 0 Å². The van der Waals surface area contributed by atoms with E-state index in [1.807, 2.05) is 36.4 Å². The van der Waals surface area contributed by atoms with E-state index < -0.39 is 0 Å². The van der Waals surface area contributed by atoms with E-state index in [9.17, 15) is 4.79 Å². The third-order valence-electron chi connectivity index (χ3n) is 3.80. The van der Waals surface area contributed by atoms with Crippen molar-refractivity contribution in [2.24, 2.45) is 0 Å². The van der Waals surface area contributed by atoms with Crippen LogP contribution in [0.5, 0.6) is 0 Å². The molecule has 2 aliphatic rings. The molecule has 0 radical (unpaired) electrons. The van der Waals surface area contributed by atoms with Gasteiger partial charge in [0.1, 0.15) is 6.10 Å². The summed E-state index contributed by atoms with van der Waals surface area (Å²) in [6.45, 7) is 2.05. The molecule has 0 aliphatic carbocycles. The molecule has 2 heterocycles. The molecule has 1 saturated heterocycles. The Kier molecular flexibility index (Phi) is 4.36. The molecule has 0 spiro atoms. The van der Waals surface area contributed by atoms with E-state index >= 15 is 0 Å². The number of rotatable bonds is 3. The molecule has 4 heteroatoms. The number of ether oxygens (including phenoxy) is 3. The monoisotopic (exact) mass is 288 g/mol. The van der Waals surface area contributed by atoms with E-state index in [-0.39, 0.29) is 30.6 Å². The number of esters is 1. The number of carbonyl (C=O) groups excluding carboxylic acids is 1. The highest BCUT2D eigenvalue weighted by Gasteiger charge is 2.31. The van der Waals surface area contributed by atoms with Crippen molar-refractivity contribution in [1.82, 2.24) is 0 Å². The normalized spacial score (nSPS) is 32.7. The number of carbonyl (C=O) groups is 1. The predicted molar refractivity (Wildman–Crippen MR) is 77.5 cm³/mol. The summed E-state index contributed by atoms with van der Waals surface area (Å²) in [6, 6.07) is 9.93. The van der Waals surface area contributed by atoms with Gasteiger partial charge in [-0.05, 0) is 13.3 Å². The van der Waals surface area contributed by atoms with Crippen LogP contribution in [-0.4, -0.2) is 24.3 Å². The summed E-state index contributed by atoms with van der Waals surface area (Å²) in [5.41, 5.74) is 1.02. The van der Waals surface area contributed by atoms with E-state index in [1.165, 1.54) is 6.08 Å². The van der Waals surface area contributed by atoms with Crippen molar-refractivity contribution in [3.8, 4) is 0 Å². The highest BCUT2D eigenvalue weighted by atomic mass is 16.7. The lowest BCUT2D eigenvalue weighted by Gasteiger charge is -2.36. The van der Waals surface area contributed by atoms with E-state index in [4.69, 9.17) is 14.2 Å². The van der Waals surface area contributed by atoms with Gasteiger partial charge < -0.3 is 14.2 Å². The average molecular weight is 288 g/mol. The van der Waals surface area contributed by atoms with Gasteiger partial charge in [-0.15, -0.1) is 0 Å². The van der Waals surface area contributed by atoms with Gasteiger partial charge >= 0.3 is 5.97 Å². The maximum Gasteiger partial charge on any atom is 0.330 e. The van der Waals surface area contributed by atoms with Crippen LogP contribution in [0, 0.1) is 0 Å². The molecule has 0 N–H and O–H groups in total. The Balaban J connectivity index is 1.63. The van der Waals surface area contributed by atoms with E-state index in [0.29, 0.717) is 6.42 Å². The summed E-state index contributed by atoms with van der Waals surface area (Å²) in [7, 11) is 0. The van der Waals surface area contributed by atoms with Crippen molar-refractivity contribution < 1.29 is 19.0 Å². The minimum Gasteiger partial charge on any atom is -0.459 e. The fourth-order valence-corrected chi connectivity index (χ4v) is 2.82. The lowest BCUT2D eigenvalue weighted by atomic mass is 10.0. The van der Waals surface area contributed by atoms with Gasteiger partial charge in [-0.25, -0.2) is 4.79 Å². The predicted octanol–water partition coefficient (Wildman–Crippen LogP) is 3.14. The van der Waals surface area contributed by atoms with Gasteiger partial charge in [0.05, 0.1) is 12.2 Å². The Morgan fingerprint density at radius 3 is 2.71 bits per heavy atom. The molecule has 0 saturated carbocycles. The Morgan fingerprint density at radius 1 is 1.14 bits per heavy atom. The highest BCUT2D eigenvalue weighted by Crippen LogP contribution is 2.32. The van der Waals surface area contributed by atoms with Crippen LogP contribution in [0.1, 0.15) is 38.0 Å². The summed E-state index contributed by atoms with van der Waals surface area (Å²) >= 11 is 0. The fraction of sp³-hybridized carbons (Fsp3) is 0.471. The Bertz CT molecular complexity index is 511. The molecule has 1 fully saturated rings. The standard InChI is InChI=1S/C17H20O4/c1-12-10-15(11-14-8-5-9-16(18)20-14)21-17(19-12)13-6-3-2-4-7-13/h2-7,9,12,14-15,17H,8,10-11H2,1H3/t12-,14+,15-,17-/m0/s1. The minimum atomic E-state index is -0.338. The average Bonchev–Trinajstić information content (AvgIpc) is 2.47. The molecule has 2 aliphatic heterocycles. The lowest BCUT2D eigenvalue weighted by molar-refractivity contribution is -0.248. The Morgan fingerprint density at radius 2 is 1.95 bits per heavy atom. The molecular formula is C17H20O4. The highest BCUT2D eigenvalue weighted by molar-refractivity contribution is 5.82. The Labute approximate surface area is 124 Å². The molecule has 0 amide bonds. The fourth-order valence-electron chi connectivity index (χ4n) is 2.82. The molecule has 112 valence electrons. The van der Waals surface area contributed by atoms with Crippen LogP contribution in [-0.2, 0) is 19.0 Å². The minimum absolute atomic E-state index is 0.0447. The molecule has 1 aromatic rings. The first kappa shape index (κ1) is 14.3. The van der Waals surface area contributed by atoms with Crippen molar-refractivity contribution in [3.05, 3.63) is 48.0 Å². The van der Waals surface area contributed by atoms with E-state index in [1.54, 1.807) is 0 Å². The van der Waals surface area contributed by atoms with Gasteiger partial charge in [0.25, 0.3) is 0 Å². The lowest BCUT2D eigenvalue weighted by Crippen LogP contribution is -2.35. The van der Waals surface area contributed by atoms with Gasteiger partial charge in [0.15, 0.2) is 6.29 Å². The van der Waals surface area contributed by atoms with Crippen molar-refractivity contribution >= 4 is 5.97 Å². The second-order valence-electron chi connectivity index (χ2n) is 5.62. The van der Waals surface area contributed by atoms with Gasteiger partial charge in [0.2, 0.25) is 0 Å². The van der Waals surface area contributed by atoms with Crippen molar-refractivity contribution in [2.45, 2.75) is 50.8 Å². The molecule has 21 heavy (non-hydrogen) atoms. The summed E-state index contributed by atoms with van der Waals surface area (Å²) in [6.07, 6.45) is 5.39. The quantitative estimate of drug-likeness (QED) is 0.802. The number of hydrogen-bond donors (Lipinski definition) is 0. The van der Waals surface area contributed by atoms with Crippen LogP contribution >= 0.6 is 0 Å². The molecule has 3 rings (SSSR count). The smallest absolute Gasteiger partial charge is 0.330 e. The third-order valence-corrected chi connectivity index (χ3v) is 3.80. The topological polar surface area (TPSA) is 44.8 Å². The van der Waals surface area contributed by atoms with Crippen LogP contribution in [0.25, 0.3) is 0 Å². The third kappa shape index (κ3) is 3.71. The van der Waals surface area contributed by atoms with Crippen LogP contribution in [0.2, 0.25) is 0 Å². The van der Waals surface area contributed by atoms with Crippen molar-refractivity contribution in [1.29, 1.82) is 0 Å². The number of hydrogen-bond acceptors (Lipinski definition) is 4. The maximum absolute atomic E-state index is 11.3.